The van der Waals surface area contributed by atoms with Crippen molar-refractivity contribution in [3.8, 4) is 0 Å². The van der Waals surface area contributed by atoms with E-state index in [4.69, 9.17) is 11.6 Å². The molecule has 0 bridgehead atoms. The van der Waals surface area contributed by atoms with Gasteiger partial charge in [0.2, 0.25) is 5.91 Å². The Hall–Kier alpha value is -2.44. The Bertz CT molecular complexity index is 985. The summed E-state index contributed by atoms with van der Waals surface area (Å²) in [5.41, 5.74) is 1.92. The summed E-state index contributed by atoms with van der Waals surface area (Å²) in [5, 5.41) is 10.7. The zero-order valence-corrected chi connectivity index (χ0v) is 16.6. The van der Waals surface area contributed by atoms with Crippen molar-refractivity contribution in [3.05, 3.63) is 64.1 Å². The molecule has 7 heteroatoms. The standard InChI is InChI=1S/C21H19ClN2O3S/c22-15-8-5-13(6-9-15)17-10-7-14(11-20(25)26)21(27)24(17)12-19-23-16-3-1-2-4-18(16)28-19/h1-6,8-9,14,17H,7,10-12H2,(H,25,26). The molecule has 3 aromatic rings. The second kappa shape index (κ2) is 7.89. The number of thiazole rings is 1. The molecule has 0 aliphatic carbocycles. The SMILES string of the molecule is O=C(O)CC1CCC(c2ccc(Cl)cc2)N(Cc2nc3ccccc3s2)C1=O. The molecule has 1 N–H and O–H groups in total. The van der Waals surface area contributed by atoms with Crippen LogP contribution in [0.25, 0.3) is 10.2 Å². The van der Waals surface area contributed by atoms with E-state index in [1.165, 1.54) is 0 Å². The van der Waals surface area contributed by atoms with Crippen LogP contribution in [0.3, 0.4) is 0 Å². The Balaban J connectivity index is 1.66. The van der Waals surface area contributed by atoms with Crippen LogP contribution in [-0.2, 0) is 16.1 Å². The lowest BCUT2D eigenvalue weighted by atomic mass is 9.86. The second-order valence-corrected chi connectivity index (χ2v) is 8.53. The van der Waals surface area contributed by atoms with Crippen molar-refractivity contribution in [1.29, 1.82) is 0 Å². The molecule has 2 atom stereocenters. The van der Waals surface area contributed by atoms with Gasteiger partial charge in [-0.3, -0.25) is 9.59 Å². The summed E-state index contributed by atoms with van der Waals surface area (Å²) in [4.78, 5) is 30.8. The van der Waals surface area contributed by atoms with Crippen LogP contribution < -0.4 is 0 Å². The molecule has 1 fully saturated rings. The van der Waals surface area contributed by atoms with Gasteiger partial charge in [0, 0.05) is 10.9 Å². The minimum atomic E-state index is -0.941. The minimum Gasteiger partial charge on any atom is -0.481 e. The maximum atomic E-state index is 13.1. The van der Waals surface area contributed by atoms with Crippen LogP contribution >= 0.6 is 22.9 Å². The van der Waals surface area contributed by atoms with Gasteiger partial charge < -0.3 is 10.0 Å². The number of rotatable bonds is 5. The average Bonchev–Trinajstić information content (AvgIpc) is 3.08. The van der Waals surface area contributed by atoms with Crippen molar-refractivity contribution in [1.82, 2.24) is 9.88 Å². The summed E-state index contributed by atoms with van der Waals surface area (Å²) >= 11 is 7.58. The van der Waals surface area contributed by atoms with Crippen LogP contribution in [0.5, 0.6) is 0 Å². The molecule has 2 aromatic carbocycles. The third-order valence-electron chi connectivity index (χ3n) is 5.12. The predicted molar refractivity (Wildman–Crippen MR) is 109 cm³/mol. The van der Waals surface area contributed by atoms with Gasteiger partial charge in [0.1, 0.15) is 5.01 Å². The minimum absolute atomic E-state index is 0.109. The van der Waals surface area contributed by atoms with E-state index in [1.807, 2.05) is 48.5 Å². The smallest absolute Gasteiger partial charge is 0.304 e. The fourth-order valence-corrected chi connectivity index (χ4v) is 4.87. The fraction of sp³-hybridized carbons (Fsp3) is 0.286. The number of benzene rings is 2. The number of hydrogen-bond donors (Lipinski definition) is 1. The van der Waals surface area contributed by atoms with E-state index in [-0.39, 0.29) is 18.4 Å². The molecule has 4 rings (SSSR count). The van der Waals surface area contributed by atoms with Crippen molar-refractivity contribution in [2.75, 3.05) is 0 Å². The molecule has 0 saturated carbocycles. The molecule has 144 valence electrons. The number of aromatic nitrogens is 1. The molecule has 2 heterocycles. The van der Waals surface area contributed by atoms with Crippen LogP contribution in [0.2, 0.25) is 5.02 Å². The molecule has 0 radical (unpaired) electrons. The molecule has 1 amide bonds. The van der Waals surface area contributed by atoms with E-state index < -0.39 is 11.9 Å². The van der Waals surface area contributed by atoms with Crippen molar-refractivity contribution in [3.63, 3.8) is 0 Å². The van der Waals surface area contributed by atoms with Crippen LogP contribution in [-0.4, -0.2) is 26.9 Å². The molecule has 2 unspecified atom stereocenters. The van der Waals surface area contributed by atoms with Crippen LogP contribution in [0.1, 0.15) is 35.9 Å². The zero-order valence-electron chi connectivity index (χ0n) is 15.0. The first-order valence-electron chi connectivity index (χ1n) is 9.13. The molecule has 1 saturated heterocycles. The van der Waals surface area contributed by atoms with Crippen molar-refractivity contribution in [2.45, 2.75) is 31.8 Å². The fourth-order valence-electron chi connectivity index (χ4n) is 3.78. The van der Waals surface area contributed by atoms with Crippen LogP contribution in [0.4, 0.5) is 0 Å². The Morgan fingerprint density at radius 2 is 1.93 bits per heavy atom. The van der Waals surface area contributed by atoms with Gasteiger partial charge >= 0.3 is 5.97 Å². The monoisotopic (exact) mass is 414 g/mol. The number of nitrogens with zero attached hydrogens (tertiary/aromatic N) is 2. The second-order valence-electron chi connectivity index (χ2n) is 6.98. The Morgan fingerprint density at radius 1 is 1.18 bits per heavy atom. The molecule has 0 spiro atoms. The summed E-state index contributed by atoms with van der Waals surface area (Å²) in [5.74, 6) is -1.55. The maximum Gasteiger partial charge on any atom is 0.304 e. The number of fused-ring (bicyclic) bond motifs is 1. The van der Waals surface area contributed by atoms with E-state index in [0.29, 0.717) is 18.0 Å². The molecule has 1 aromatic heterocycles. The number of piperidine rings is 1. The number of carbonyl (C=O) groups is 2. The molecule has 1 aliphatic rings. The van der Waals surface area contributed by atoms with Crippen molar-refractivity contribution in [2.24, 2.45) is 5.92 Å². The lowest BCUT2D eigenvalue weighted by molar-refractivity contribution is -0.149. The van der Waals surface area contributed by atoms with E-state index >= 15 is 0 Å². The van der Waals surface area contributed by atoms with Crippen molar-refractivity contribution < 1.29 is 14.7 Å². The topological polar surface area (TPSA) is 70.5 Å². The van der Waals surface area contributed by atoms with Gasteiger partial charge in [-0.1, -0.05) is 35.9 Å². The van der Waals surface area contributed by atoms with E-state index in [0.717, 1.165) is 27.2 Å². The predicted octanol–water partition coefficient (Wildman–Crippen LogP) is 4.90. The molecular weight excluding hydrogens is 396 g/mol. The summed E-state index contributed by atoms with van der Waals surface area (Å²) < 4.78 is 1.08. The van der Waals surface area contributed by atoms with E-state index in [2.05, 4.69) is 4.98 Å². The summed E-state index contributed by atoms with van der Waals surface area (Å²) in [6.07, 6.45) is 1.15. The molecule has 28 heavy (non-hydrogen) atoms. The molecule has 5 nitrogen and oxygen atoms in total. The van der Waals surface area contributed by atoms with E-state index in [1.54, 1.807) is 16.2 Å². The number of aliphatic carboxylic acids is 1. The molecule has 1 aliphatic heterocycles. The highest BCUT2D eigenvalue weighted by Crippen LogP contribution is 2.37. The number of likely N-dealkylation sites (tertiary alicyclic amines) is 1. The van der Waals surface area contributed by atoms with Gasteiger partial charge in [-0.2, -0.15) is 0 Å². The quantitative estimate of drug-likeness (QED) is 0.644. The average molecular weight is 415 g/mol. The first kappa shape index (κ1) is 18.9. The normalized spacial score (nSPS) is 19.9. The number of amides is 1. The third-order valence-corrected chi connectivity index (χ3v) is 6.39. The summed E-state index contributed by atoms with van der Waals surface area (Å²) in [7, 11) is 0. The Labute approximate surface area is 171 Å². The zero-order chi connectivity index (χ0) is 19.7. The van der Waals surface area contributed by atoms with Gasteiger partial charge in [0.05, 0.1) is 29.2 Å². The van der Waals surface area contributed by atoms with Gasteiger partial charge in [0.15, 0.2) is 0 Å². The first-order chi connectivity index (χ1) is 13.5. The first-order valence-corrected chi connectivity index (χ1v) is 10.3. The van der Waals surface area contributed by atoms with Gasteiger partial charge in [-0.25, -0.2) is 4.98 Å². The van der Waals surface area contributed by atoms with Crippen LogP contribution in [0.15, 0.2) is 48.5 Å². The number of carbonyl (C=O) groups excluding carboxylic acids is 1. The van der Waals surface area contributed by atoms with Crippen LogP contribution in [0, 0.1) is 5.92 Å². The highest BCUT2D eigenvalue weighted by Gasteiger charge is 2.37. The number of para-hydroxylation sites is 1. The third kappa shape index (κ3) is 3.88. The Morgan fingerprint density at radius 3 is 2.64 bits per heavy atom. The largest absolute Gasteiger partial charge is 0.481 e. The number of carboxylic acid groups (broad SMARTS) is 1. The Kier molecular flexibility index (Phi) is 5.33. The highest BCUT2D eigenvalue weighted by atomic mass is 35.5. The summed E-state index contributed by atoms with van der Waals surface area (Å²) in [6.45, 7) is 0.377. The maximum absolute atomic E-state index is 13.1. The number of hydrogen-bond acceptors (Lipinski definition) is 4. The van der Waals surface area contributed by atoms with Gasteiger partial charge in [-0.15, -0.1) is 11.3 Å². The number of carboxylic acids is 1. The van der Waals surface area contributed by atoms with Gasteiger partial charge in [-0.05, 0) is 42.7 Å². The highest BCUT2D eigenvalue weighted by molar-refractivity contribution is 7.18. The van der Waals surface area contributed by atoms with Gasteiger partial charge in [0.25, 0.3) is 0 Å². The lowest BCUT2D eigenvalue weighted by Crippen LogP contribution is -2.43. The number of halogens is 1. The van der Waals surface area contributed by atoms with E-state index in [9.17, 15) is 14.7 Å². The lowest BCUT2D eigenvalue weighted by Gasteiger charge is -2.39. The molecular formula is C21H19ClN2O3S. The summed E-state index contributed by atoms with van der Waals surface area (Å²) in [6, 6.07) is 15.3. The van der Waals surface area contributed by atoms with Crippen molar-refractivity contribution >= 4 is 45.0 Å².